The van der Waals surface area contributed by atoms with Gasteiger partial charge >= 0.3 is 5.97 Å². The predicted octanol–water partition coefficient (Wildman–Crippen LogP) is 4.29. The van der Waals surface area contributed by atoms with Crippen LogP contribution in [0.15, 0.2) is 48.5 Å². The van der Waals surface area contributed by atoms with Crippen LogP contribution in [0.4, 0.5) is 5.69 Å². The molecule has 0 aromatic heterocycles. The number of benzene rings is 2. The van der Waals surface area contributed by atoms with E-state index in [1.807, 2.05) is 36.4 Å². The molecule has 0 spiro atoms. The largest absolute Gasteiger partial charge is 0.497 e. The molecule has 0 bridgehead atoms. The lowest BCUT2D eigenvalue weighted by Crippen LogP contribution is -2.45. The first kappa shape index (κ1) is 20.5. The summed E-state index contributed by atoms with van der Waals surface area (Å²) in [6.45, 7) is 3.23. The maximum Gasteiger partial charge on any atom is 0.304 e. The topological polar surface area (TPSA) is 53.0 Å². The van der Waals surface area contributed by atoms with Crippen LogP contribution >= 0.6 is 11.6 Å². The van der Waals surface area contributed by atoms with E-state index >= 15 is 0 Å². The van der Waals surface area contributed by atoms with E-state index in [1.165, 1.54) is 5.69 Å². The Hall–Kier alpha value is -2.24. The Morgan fingerprint density at radius 1 is 1.14 bits per heavy atom. The van der Waals surface area contributed by atoms with Crippen LogP contribution in [0.5, 0.6) is 5.75 Å². The van der Waals surface area contributed by atoms with Crippen LogP contribution in [0.3, 0.4) is 0 Å². The number of ether oxygens (including phenoxy) is 1. The van der Waals surface area contributed by atoms with Crippen molar-refractivity contribution < 1.29 is 14.6 Å². The number of carboxylic acids is 1. The monoisotopic (exact) mass is 402 g/mol. The van der Waals surface area contributed by atoms with Crippen molar-refractivity contribution in [2.45, 2.75) is 31.8 Å². The lowest BCUT2D eigenvalue weighted by atomic mass is 10.0. The molecule has 150 valence electrons. The van der Waals surface area contributed by atoms with Crippen molar-refractivity contribution in [2.75, 3.05) is 31.6 Å². The van der Waals surface area contributed by atoms with Crippen molar-refractivity contribution in [1.82, 2.24) is 4.90 Å². The minimum atomic E-state index is -0.753. The second-order valence-electron chi connectivity index (χ2n) is 7.16. The lowest BCUT2D eigenvalue weighted by molar-refractivity contribution is -0.137. The minimum absolute atomic E-state index is 0.159. The SMILES string of the molecule is COc1ccc(N2CCC(N(CCC(=O)O)Cc3ccc(Cl)cc3)CC2)cc1. The van der Waals surface area contributed by atoms with Gasteiger partial charge in [-0.05, 0) is 54.8 Å². The molecule has 0 unspecified atom stereocenters. The summed E-state index contributed by atoms with van der Waals surface area (Å²) in [6, 6.07) is 16.3. The highest BCUT2D eigenvalue weighted by Crippen LogP contribution is 2.26. The maximum atomic E-state index is 11.1. The molecule has 0 amide bonds. The van der Waals surface area contributed by atoms with Gasteiger partial charge in [-0.1, -0.05) is 23.7 Å². The van der Waals surface area contributed by atoms with Crippen LogP contribution in [-0.4, -0.2) is 48.8 Å². The Balaban J connectivity index is 1.62. The average Bonchev–Trinajstić information content (AvgIpc) is 2.72. The number of anilines is 1. The number of hydrogen-bond donors (Lipinski definition) is 1. The molecule has 1 aliphatic rings. The number of carboxylic acid groups (broad SMARTS) is 1. The summed E-state index contributed by atoms with van der Waals surface area (Å²) < 4.78 is 5.23. The first-order chi connectivity index (χ1) is 13.5. The van der Waals surface area contributed by atoms with Gasteiger partial charge in [0.25, 0.3) is 0 Å². The van der Waals surface area contributed by atoms with E-state index in [1.54, 1.807) is 7.11 Å². The van der Waals surface area contributed by atoms with Gasteiger partial charge in [0.1, 0.15) is 5.75 Å². The van der Waals surface area contributed by atoms with Crippen molar-refractivity contribution in [3.63, 3.8) is 0 Å². The number of methoxy groups -OCH3 is 1. The van der Waals surface area contributed by atoms with Crippen LogP contribution in [0.1, 0.15) is 24.8 Å². The lowest BCUT2D eigenvalue weighted by Gasteiger charge is -2.39. The van der Waals surface area contributed by atoms with E-state index in [0.29, 0.717) is 17.6 Å². The second kappa shape index (κ2) is 9.80. The molecule has 2 aromatic carbocycles. The fourth-order valence-electron chi connectivity index (χ4n) is 3.74. The molecule has 28 heavy (non-hydrogen) atoms. The maximum absolute atomic E-state index is 11.1. The van der Waals surface area contributed by atoms with E-state index in [4.69, 9.17) is 21.4 Å². The summed E-state index contributed by atoms with van der Waals surface area (Å²) in [5, 5.41) is 9.85. The molecule has 1 saturated heterocycles. The number of rotatable bonds is 8. The Morgan fingerprint density at radius 3 is 2.36 bits per heavy atom. The third-order valence-corrected chi connectivity index (χ3v) is 5.58. The van der Waals surface area contributed by atoms with Gasteiger partial charge in [-0.15, -0.1) is 0 Å². The molecule has 1 fully saturated rings. The van der Waals surface area contributed by atoms with E-state index in [9.17, 15) is 4.79 Å². The molecule has 1 heterocycles. The molecule has 0 radical (unpaired) electrons. The molecule has 1 aliphatic heterocycles. The highest BCUT2D eigenvalue weighted by Gasteiger charge is 2.25. The van der Waals surface area contributed by atoms with E-state index in [-0.39, 0.29) is 6.42 Å². The number of nitrogens with zero attached hydrogens (tertiary/aromatic N) is 2. The van der Waals surface area contributed by atoms with Gasteiger partial charge in [-0.3, -0.25) is 9.69 Å². The molecule has 0 saturated carbocycles. The van der Waals surface area contributed by atoms with Gasteiger partial charge in [0.2, 0.25) is 0 Å². The zero-order valence-corrected chi connectivity index (χ0v) is 16.9. The van der Waals surface area contributed by atoms with Gasteiger partial charge in [-0.2, -0.15) is 0 Å². The Labute approximate surface area is 171 Å². The molecular weight excluding hydrogens is 376 g/mol. The summed E-state index contributed by atoms with van der Waals surface area (Å²) >= 11 is 5.99. The fraction of sp³-hybridized carbons (Fsp3) is 0.409. The van der Waals surface area contributed by atoms with E-state index in [0.717, 1.165) is 43.8 Å². The van der Waals surface area contributed by atoms with Crippen molar-refractivity contribution in [1.29, 1.82) is 0 Å². The standard InChI is InChI=1S/C22H27ClN2O3/c1-28-21-8-6-19(7-9-21)24-13-10-20(11-14-24)25(15-12-22(26)27)16-17-2-4-18(23)5-3-17/h2-9,20H,10-16H2,1H3,(H,26,27). The van der Waals surface area contributed by atoms with Crippen molar-refractivity contribution >= 4 is 23.3 Å². The average molecular weight is 403 g/mol. The molecule has 1 N–H and O–H groups in total. The van der Waals surface area contributed by atoms with Gasteiger partial charge < -0.3 is 14.7 Å². The number of piperidine rings is 1. The molecule has 2 aromatic rings. The summed E-state index contributed by atoms with van der Waals surface area (Å²) in [5.74, 6) is 0.109. The predicted molar refractivity (Wildman–Crippen MR) is 112 cm³/mol. The molecule has 6 heteroatoms. The van der Waals surface area contributed by atoms with Crippen molar-refractivity contribution in [2.24, 2.45) is 0 Å². The van der Waals surface area contributed by atoms with Gasteiger partial charge in [-0.25, -0.2) is 0 Å². The summed E-state index contributed by atoms with van der Waals surface area (Å²) in [5.41, 5.74) is 2.36. The Kier molecular flexibility index (Phi) is 7.18. The van der Waals surface area contributed by atoms with Crippen LogP contribution in [0.2, 0.25) is 5.02 Å². The molecule has 0 aliphatic carbocycles. The van der Waals surface area contributed by atoms with Crippen molar-refractivity contribution in [3.05, 3.63) is 59.1 Å². The molecule has 0 atom stereocenters. The Bertz CT molecular complexity index is 756. The van der Waals surface area contributed by atoms with Crippen LogP contribution in [-0.2, 0) is 11.3 Å². The highest BCUT2D eigenvalue weighted by atomic mass is 35.5. The smallest absolute Gasteiger partial charge is 0.304 e. The number of aliphatic carboxylic acids is 1. The quantitative estimate of drug-likeness (QED) is 0.713. The third-order valence-electron chi connectivity index (χ3n) is 5.33. The van der Waals surface area contributed by atoms with Gasteiger partial charge in [0, 0.05) is 42.9 Å². The number of hydrogen-bond acceptors (Lipinski definition) is 4. The third kappa shape index (κ3) is 5.63. The highest BCUT2D eigenvalue weighted by molar-refractivity contribution is 6.30. The first-order valence-electron chi connectivity index (χ1n) is 9.64. The zero-order chi connectivity index (χ0) is 19.9. The number of halogens is 1. The van der Waals surface area contributed by atoms with E-state index < -0.39 is 5.97 Å². The summed E-state index contributed by atoms with van der Waals surface area (Å²) in [4.78, 5) is 15.8. The van der Waals surface area contributed by atoms with Crippen LogP contribution in [0, 0.1) is 0 Å². The first-order valence-corrected chi connectivity index (χ1v) is 10.0. The summed E-state index contributed by atoms with van der Waals surface area (Å²) in [7, 11) is 1.67. The zero-order valence-electron chi connectivity index (χ0n) is 16.2. The second-order valence-corrected chi connectivity index (χ2v) is 7.59. The van der Waals surface area contributed by atoms with Crippen LogP contribution in [0.25, 0.3) is 0 Å². The summed E-state index contributed by atoms with van der Waals surface area (Å²) in [6.07, 6.45) is 2.19. The molecular formula is C22H27ClN2O3. The molecule has 3 rings (SSSR count). The van der Waals surface area contributed by atoms with Crippen LogP contribution < -0.4 is 9.64 Å². The number of carbonyl (C=O) groups is 1. The minimum Gasteiger partial charge on any atom is -0.497 e. The van der Waals surface area contributed by atoms with E-state index in [2.05, 4.69) is 21.9 Å². The Morgan fingerprint density at radius 2 is 1.79 bits per heavy atom. The fourth-order valence-corrected chi connectivity index (χ4v) is 3.86. The van der Waals surface area contributed by atoms with Crippen molar-refractivity contribution in [3.8, 4) is 5.75 Å². The van der Waals surface area contributed by atoms with Gasteiger partial charge in [0.05, 0.1) is 13.5 Å². The normalized spacial score (nSPS) is 15.0. The molecule has 5 nitrogen and oxygen atoms in total. The van der Waals surface area contributed by atoms with Gasteiger partial charge in [0.15, 0.2) is 0 Å².